The number of carbonyl (C=O) groups excluding carboxylic acids is 1. The second-order valence-corrected chi connectivity index (χ2v) is 13.4. The van der Waals surface area contributed by atoms with E-state index in [4.69, 9.17) is 14.5 Å². The minimum atomic E-state index is -2.42. The van der Waals surface area contributed by atoms with Crippen LogP contribution >= 0.6 is 11.3 Å². The maximum Gasteiger partial charge on any atom is 0.251 e. The first-order valence-corrected chi connectivity index (χ1v) is 17.3. The number of nitrogens with zero attached hydrogens (tertiary/aromatic N) is 3. The Morgan fingerprint density at radius 3 is 2.36 bits per heavy atom. The summed E-state index contributed by atoms with van der Waals surface area (Å²) in [6.07, 6.45) is 0.228. The molecule has 6 nitrogen and oxygen atoms in total. The maximum absolute atomic E-state index is 16.1. The van der Waals surface area contributed by atoms with E-state index in [1.165, 1.54) is 30.6 Å². The second-order valence-electron chi connectivity index (χ2n) is 12.5. The summed E-state index contributed by atoms with van der Waals surface area (Å²) in [4.78, 5) is 21.3. The molecule has 0 aliphatic carbocycles. The third kappa shape index (κ3) is 6.65. The van der Waals surface area contributed by atoms with E-state index in [0.29, 0.717) is 61.5 Å². The lowest BCUT2D eigenvalue weighted by Gasteiger charge is -2.29. The van der Waals surface area contributed by atoms with Crippen LogP contribution in [0.3, 0.4) is 0 Å². The Balaban J connectivity index is 1.44. The summed E-state index contributed by atoms with van der Waals surface area (Å²) in [5.41, 5.74) is 7.25. The number of hydrogen-bond donors (Lipinski definition) is 0. The first-order chi connectivity index (χ1) is 24.2. The van der Waals surface area contributed by atoms with Gasteiger partial charge in [-0.3, -0.25) is 9.69 Å². The highest BCUT2D eigenvalue weighted by Gasteiger charge is 2.28. The zero-order chi connectivity index (χ0) is 34.9. The molecule has 0 saturated carbocycles. The fraction of sp³-hybridized carbons (Fsp3) is 0.282. The smallest absolute Gasteiger partial charge is 0.251 e. The first-order valence-electron chi connectivity index (χ1n) is 16.4. The standard InChI is InChI=1S/C39H35F4N3O3S/c1-3-34(47)46-12-9-24-5-7-26(17-28(24)21-46)38-36(35-31(41)18-29(40)19-32(35)49-14-13-48-2)39-30(10-15-50-39)37(44-38)25-6-4-23-8-11-45(22-33(42)43)20-27(23)16-25/h3-7,10,15-19,33H,1,8-9,11-14,20-22H2,2H3. The average molecular weight is 702 g/mol. The fourth-order valence-corrected chi connectivity index (χ4v) is 7.91. The molecule has 0 radical (unpaired) electrons. The van der Waals surface area contributed by atoms with Gasteiger partial charge < -0.3 is 14.4 Å². The molecule has 5 aromatic rings. The average Bonchev–Trinajstić information content (AvgIpc) is 3.60. The van der Waals surface area contributed by atoms with Crippen molar-refractivity contribution >= 4 is 27.3 Å². The van der Waals surface area contributed by atoms with Crippen LogP contribution in [0.2, 0.25) is 0 Å². The van der Waals surface area contributed by atoms with Crippen molar-refractivity contribution in [1.29, 1.82) is 0 Å². The number of alkyl halides is 2. The molecule has 50 heavy (non-hydrogen) atoms. The van der Waals surface area contributed by atoms with Gasteiger partial charge in [0.25, 0.3) is 6.43 Å². The normalized spacial score (nSPS) is 14.6. The van der Waals surface area contributed by atoms with E-state index in [0.717, 1.165) is 44.0 Å². The molecule has 0 bridgehead atoms. The van der Waals surface area contributed by atoms with Gasteiger partial charge in [-0.25, -0.2) is 22.5 Å². The quantitative estimate of drug-likeness (QED) is 0.0834. The van der Waals surface area contributed by atoms with E-state index in [1.807, 2.05) is 47.8 Å². The summed E-state index contributed by atoms with van der Waals surface area (Å²) in [5, 5.41) is 2.67. The van der Waals surface area contributed by atoms with Crippen molar-refractivity contribution in [2.24, 2.45) is 0 Å². The molecule has 1 amide bonds. The third-order valence-corrected chi connectivity index (χ3v) is 10.3. The number of hydrogen-bond acceptors (Lipinski definition) is 6. The van der Waals surface area contributed by atoms with Gasteiger partial charge in [0.15, 0.2) is 0 Å². The molecule has 3 aromatic carbocycles. The van der Waals surface area contributed by atoms with Crippen LogP contribution < -0.4 is 4.74 Å². The van der Waals surface area contributed by atoms with Gasteiger partial charge in [-0.1, -0.05) is 30.8 Å². The summed E-state index contributed by atoms with van der Waals surface area (Å²) >= 11 is 1.41. The number of halogens is 4. The Kier molecular flexibility index (Phi) is 9.72. The molecule has 0 unspecified atom stereocenters. The van der Waals surface area contributed by atoms with Crippen molar-refractivity contribution in [2.75, 3.05) is 40.0 Å². The van der Waals surface area contributed by atoms with Crippen LogP contribution in [0.25, 0.3) is 43.7 Å². The van der Waals surface area contributed by atoms with Gasteiger partial charge >= 0.3 is 0 Å². The van der Waals surface area contributed by atoms with Crippen molar-refractivity contribution in [3.63, 3.8) is 0 Å². The molecule has 0 saturated heterocycles. The van der Waals surface area contributed by atoms with Crippen molar-refractivity contribution in [2.45, 2.75) is 32.4 Å². The zero-order valence-electron chi connectivity index (χ0n) is 27.5. The Hall–Kier alpha value is -4.58. The number of ether oxygens (including phenoxy) is 2. The number of methoxy groups -OCH3 is 1. The Morgan fingerprint density at radius 2 is 1.64 bits per heavy atom. The van der Waals surface area contributed by atoms with Crippen LogP contribution in [-0.4, -0.2) is 67.1 Å². The lowest BCUT2D eigenvalue weighted by molar-refractivity contribution is -0.126. The topological polar surface area (TPSA) is 54.9 Å². The molecule has 2 aliphatic heterocycles. The molecular weight excluding hydrogens is 667 g/mol. The number of pyridine rings is 1. The SMILES string of the molecule is C=CC(=O)N1CCc2ccc(-c3nc(-c4ccc5c(c4)CN(CC(F)F)CC5)c4ccsc4c3-c3c(F)cc(F)cc3OCCOC)cc2C1. The maximum atomic E-state index is 16.1. The summed E-state index contributed by atoms with van der Waals surface area (Å²) in [6.45, 7) is 5.56. The molecule has 11 heteroatoms. The third-order valence-electron chi connectivity index (χ3n) is 9.37. The van der Waals surface area contributed by atoms with E-state index in [2.05, 4.69) is 6.58 Å². The van der Waals surface area contributed by atoms with Gasteiger partial charge in [-0.2, -0.15) is 0 Å². The highest BCUT2D eigenvalue weighted by Crippen LogP contribution is 2.47. The summed E-state index contributed by atoms with van der Waals surface area (Å²) in [5.74, 6) is -1.70. The Labute approximate surface area is 291 Å². The van der Waals surface area contributed by atoms with Gasteiger partial charge in [0, 0.05) is 72.2 Å². The molecule has 0 fully saturated rings. The van der Waals surface area contributed by atoms with E-state index in [-0.39, 0.29) is 37.0 Å². The van der Waals surface area contributed by atoms with Crippen molar-refractivity contribution in [3.05, 3.63) is 107 Å². The number of carbonyl (C=O) groups is 1. The summed E-state index contributed by atoms with van der Waals surface area (Å²) < 4.78 is 69.2. The second kappa shape index (κ2) is 14.3. The molecule has 2 aliphatic rings. The monoisotopic (exact) mass is 701 g/mol. The fourth-order valence-electron chi connectivity index (χ4n) is 6.96. The number of benzene rings is 3. The molecule has 0 atom stereocenters. The van der Waals surface area contributed by atoms with Gasteiger partial charge in [0.05, 0.1) is 30.1 Å². The highest BCUT2D eigenvalue weighted by molar-refractivity contribution is 7.18. The summed E-state index contributed by atoms with van der Waals surface area (Å²) in [7, 11) is 1.52. The van der Waals surface area contributed by atoms with E-state index < -0.39 is 18.1 Å². The number of aromatic nitrogens is 1. The molecule has 0 N–H and O–H groups in total. The van der Waals surface area contributed by atoms with Gasteiger partial charge in [-0.15, -0.1) is 11.3 Å². The lowest BCUT2D eigenvalue weighted by atomic mass is 9.91. The van der Waals surface area contributed by atoms with E-state index in [9.17, 15) is 18.0 Å². The van der Waals surface area contributed by atoms with E-state index in [1.54, 1.807) is 9.80 Å². The molecular formula is C39H35F4N3O3S. The van der Waals surface area contributed by atoms with Crippen LogP contribution in [-0.2, 0) is 35.5 Å². The lowest BCUT2D eigenvalue weighted by Crippen LogP contribution is -2.34. The van der Waals surface area contributed by atoms with Gasteiger partial charge in [0.1, 0.15) is 24.0 Å². The number of rotatable bonds is 10. The minimum Gasteiger partial charge on any atom is -0.490 e. The zero-order valence-corrected chi connectivity index (χ0v) is 28.3. The first kappa shape index (κ1) is 33.9. The van der Waals surface area contributed by atoms with Crippen LogP contribution in [0.1, 0.15) is 22.3 Å². The van der Waals surface area contributed by atoms with Crippen LogP contribution in [0.5, 0.6) is 5.75 Å². The number of fused-ring (bicyclic) bond motifs is 3. The molecule has 258 valence electrons. The van der Waals surface area contributed by atoms with Crippen LogP contribution in [0, 0.1) is 11.6 Å². The molecule has 0 spiro atoms. The van der Waals surface area contributed by atoms with Gasteiger partial charge in [0.2, 0.25) is 5.91 Å². The minimum absolute atomic E-state index is 0.0265. The predicted molar refractivity (Wildman–Crippen MR) is 188 cm³/mol. The molecule has 4 heterocycles. The van der Waals surface area contributed by atoms with Gasteiger partial charge in [-0.05, 0) is 64.8 Å². The summed E-state index contributed by atoms with van der Waals surface area (Å²) in [6, 6.07) is 15.9. The number of thiophene rings is 1. The Morgan fingerprint density at radius 1 is 0.920 bits per heavy atom. The molecule has 2 aromatic heterocycles. The van der Waals surface area contributed by atoms with Crippen LogP contribution in [0.4, 0.5) is 17.6 Å². The number of amides is 1. The van der Waals surface area contributed by atoms with Crippen molar-refractivity contribution < 1.29 is 31.8 Å². The molecule has 7 rings (SSSR count). The van der Waals surface area contributed by atoms with E-state index >= 15 is 4.39 Å². The Bertz CT molecular complexity index is 2100. The largest absolute Gasteiger partial charge is 0.490 e. The van der Waals surface area contributed by atoms with Crippen molar-refractivity contribution in [3.8, 4) is 39.4 Å². The van der Waals surface area contributed by atoms with Crippen LogP contribution in [0.15, 0.2) is 72.6 Å². The predicted octanol–water partition coefficient (Wildman–Crippen LogP) is 8.29. The highest BCUT2D eigenvalue weighted by atomic mass is 32.1. The van der Waals surface area contributed by atoms with Crippen molar-refractivity contribution in [1.82, 2.24) is 14.8 Å².